The van der Waals surface area contributed by atoms with Gasteiger partial charge in [0, 0.05) is 18.9 Å². The fraction of sp³-hybridized carbons (Fsp3) is 0.500. The summed E-state index contributed by atoms with van der Waals surface area (Å²) in [6.07, 6.45) is 1.61. The van der Waals surface area contributed by atoms with Gasteiger partial charge in [-0.2, -0.15) is 0 Å². The number of carbonyl (C=O) groups excluding carboxylic acids is 1. The molecule has 0 bridgehead atoms. The number of nitrogens with two attached hydrogens (primary N) is 1. The molecule has 1 aliphatic heterocycles. The lowest BCUT2D eigenvalue weighted by atomic mass is 9.92. The molecule has 3 N–H and O–H groups in total. The summed E-state index contributed by atoms with van der Waals surface area (Å²) in [5, 5.41) is 2.74. The highest BCUT2D eigenvalue weighted by atomic mass is 19.1. The number of hydrogen-bond acceptors (Lipinski definition) is 3. The summed E-state index contributed by atoms with van der Waals surface area (Å²) in [4.78, 5) is 12.0. The molecule has 0 saturated carbocycles. The highest BCUT2D eigenvalue weighted by Crippen LogP contribution is 2.19. The summed E-state index contributed by atoms with van der Waals surface area (Å²) in [5.74, 6) is -0.361. The number of nitrogens with one attached hydrogen (secondary N) is 1. The number of anilines is 1. The van der Waals surface area contributed by atoms with Crippen molar-refractivity contribution in [3.05, 3.63) is 29.6 Å². The first-order chi connectivity index (χ1) is 9.08. The second-order valence-electron chi connectivity index (χ2n) is 4.93. The summed E-state index contributed by atoms with van der Waals surface area (Å²) >= 11 is 0. The molecule has 104 valence electrons. The second-order valence-corrected chi connectivity index (χ2v) is 4.93. The molecule has 1 fully saturated rings. The van der Waals surface area contributed by atoms with E-state index in [9.17, 15) is 9.18 Å². The predicted molar refractivity (Wildman–Crippen MR) is 71.3 cm³/mol. The fourth-order valence-corrected chi connectivity index (χ4v) is 2.24. The predicted octanol–water partition coefficient (Wildman–Crippen LogP) is 1.83. The van der Waals surface area contributed by atoms with Crippen LogP contribution in [0, 0.1) is 18.7 Å². The van der Waals surface area contributed by atoms with E-state index in [0.29, 0.717) is 24.5 Å². The lowest BCUT2D eigenvalue weighted by Gasteiger charge is -2.26. The van der Waals surface area contributed by atoms with E-state index >= 15 is 0 Å². The third-order valence-electron chi connectivity index (χ3n) is 3.50. The number of halogens is 1. The molecule has 0 radical (unpaired) electrons. The molecule has 1 unspecified atom stereocenters. The van der Waals surface area contributed by atoms with Gasteiger partial charge in [-0.15, -0.1) is 0 Å². The summed E-state index contributed by atoms with van der Waals surface area (Å²) in [6.45, 7) is 2.96. The lowest BCUT2D eigenvalue weighted by molar-refractivity contribution is -0.119. The van der Waals surface area contributed by atoms with E-state index in [-0.39, 0.29) is 17.6 Å². The third kappa shape index (κ3) is 3.52. The van der Waals surface area contributed by atoms with Crippen molar-refractivity contribution < 1.29 is 13.9 Å². The molecule has 1 amide bonds. The third-order valence-corrected chi connectivity index (χ3v) is 3.50. The maximum atomic E-state index is 13.1. The minimum absolute atomic E-state index is 0.148. The van der Waals surface area contributed by atoms with Crippen LogP contribution in [0.3, 0.4) is 0 Å². The van der Waals surface area contributed by atoms with Crippen molar-refractivity contribution in [2.24, 2.45) is 11.7 Å². The molecule has 1 aromatic rings. The Bertz CT molecular complexity index is 459. The van der Waals surface area contributed by atoms with Crippen LogP contribution in [0.4, 0.5) is 10.1 Å². The van der Waals surface area contributed by atoms with Crippen molar-refractivity contribution in [2.45, 2.75) is 25.8 Å². The molecule has 4 nitrogen and oxygen atoms in total. The molecule has 19 heavy (non-hydrogen) atoms. The maximum Gasteiger partial charge on any atom is 0.241 e. The number of aryl methyl sites for hydroxylation is 1. The minimum Gasteiger partial charge on any atom is -0.381 e. The Morgan fingerprint density at radius 1 is 1.47 bits per heavy atom. The van der Waals surface area contributed by atoms with Gasteiger partial charge in [-0.1, -0.05) is 0 Å². The second kappa shape index (κ2) is 6.12. The molecular formula is C14H19FN2O2. The van der Waals surface area contributed by atoms with E-state index in [4.69, 9.17) is 10.5 Å². The first kappa shape index (κ1) is 14.0. The van der Waals surface area contributed by atoms with Crippen LogP contribution in [0.25, 0.3) is 0 Å². The minimum atomic E-state index is -0.547. The van der Waals surface area contributed by atoms with Gasteiger partial charge < -0.3 is 15.8 Å². The van der Waals surface area contributed by atoms with Gasteiger partial charge in [0.1, 0.15) is 5.82 Å². The summed E-state index contributed by atoms with van der Waals surface area (Å²) in [6, 6.07) is 3.93. The summed E-state index contributed by atoms with van der Waals surface area (Å²) in [5.41, 5.74) is 7.04. The average molecular weight is 266 g/mol. The maximum absolute atomic E-state index is 13.1. The zero-order valence-corrected chi connectivity index (χ0v) is 11.0. The molecule has 0 spiro atoms. The Labute approximate surface area is 112 Å². The Hall–Kier alpha value is -1.46. The quantitative estimate of drug-likeness (QED) is 0.877. The van der Waals surface area contributed by atoms with Gasteiger partial charge in [0.2, 0.25) is 5.91 Å². The fourth-order valence-electron chi connectivity index (χ4n) is 2.24. The number of benzene rings is 1. The van der Waals surface area contributed by atoms with Crippen LogP contribution < -0.4 is 11.1 Å². The Morgan fingerprint density at radius 3 is 2.79 bits per heavy atom. The molecule has 1 atom stereocenters. The van der Waals surface area contributed by atoms with Crippen LogP contribution in [0.15, 0.2) is 18.2 Å². The first-order valence-electron chi connectivity index (χ1n) is 6.48. The van der Waals surface area contributed by atoms with Crippen molar-refractivity contribution in [3.8, 4) is 0 Å². The van der Waals surface area contributed by atoms with E-state index in [0.717, 1.165) is 12.8 Å². The standard InChI is InChI=1S/C14H19FN2O2/c1-9-8-11(2-3-12(9)15)17-14(18)13(16)10-4-6-19-7-5-10/h2-3,8,10,13H,4-7,16H2,1H3,(H,17,18). The monoisotopic (exact) mass is 266 g/mol. The molecule has 0 aromatic heterocycles. The SMILES string of the molecule is Cc1cc(NC(=O)C(N)C2CCOCC2)ccc1F. The molecule has 1 saturated heterocycles. The Balaban J connectivity index is 1.97. The van der Waals surface area contributed by atoms with Crippen LogP contribution in [-0.4, -0.2) is 25.2 Å². The van der Waals surface area contributed by atoms with E-state index < -0.39 is 6.04 Å². The molecule has 1 aliphatic rings. The zero-order chi connectivity index (χ0) is 13.8. The van der Waals surface area contributed by atoms with Gasteiger partial charge in [-0.3, -0.25) is 4.79 Å². The average Bonchev–Trinajstić information content (AvgIpc) is 2.43. The van der Waals surface area contributed by atoms with E-state index in [1.165, 1.54) is 12.1 Å². The molecule has 5 heteroatoms. The highest BCUT2D eigenvalue weighted by molar-refractivity contribution is 5.94. The van der Waals surface area contributed by atoms with Crippen LogP contribution in [0.5, 0.6) is 0 Å². The van der Waals surface area contributed by atoms with Crippen LogP contribution >= 0.6 is 0 Å². The number of rotatable bonds is 3. The molecule has 1 aromatic carbocycles. The summed E-state index contributed by atoms with van der Waals surface area (Å²) in [7, 11) is 0. The number of hydrogen-bond donors (Lipinski definition) is 2. The topological polar surface area (TPSA) is 64.4 Å². The zero-order valence-electron chi connectivity index (χ0n) is 11.0. The lowest BCUT2D eigenvalue weighted by Crippen LogP contribution is -2.44. The van der Waals surface area contributed by atoms with Crippen LogP contribution in [-0.2, 0) is 9.53 Å². The van der Waals surface area contributed by atoms with Crippen molar-refractivity contribution >= 4 is 11.6 Å². The van der Waals surface area contributed by atoms with Gasteiger partial charge >= 0.3 is 0 Å². The molecule has 2 rings (SSSR count). The largest absolute Gasteiger partial charge is 0.381 e. The number of amides is 1. The smallest absolute Gasteiger partial charge is 0.241 e. The normalized spacial score (nSPS) is 18.1. The highest BCUT2D eigenvalue weighted by Gasteiger charge is 2.26. The van der Waals surface area contributed by atoms with Crippen molar-refractivity contribution in [2.75, 3.05) is 18.5 Å². The van der Waals surface area contributed by atoms with E-state index in [1.54, 1.807) is 13.0 Å². The van der Waals surface area contributed by atoms with Gasteiger partial charge in [-0.05, 0) is 49.4 Å². The van der Waals surface area contributed by atoms with Crippen LogP contribution in [0.2, 0.25) is 0 Å². The van der Waals surface area contributed by atoms with Crippen molar-refractivity contribution in [1.82, 2.24) is 0 Å². The van der Waals surface area contributed by atoms with Crippen molar-refractivity contribution in [1.29, 1.82) is 0 Å². The number of carbonyl (C=O) groups is 1. The molecular weight excluding hydrogens is 247 g/mol. The van der Waals surface area contributed by atoms with Gasteiger partial charge in [0.25, 0.3) is 0 Å². The van der Waals surface area contributed by atoms with Crippen LogP contribution in [0.1, 0.15) is 18.4 Å². The van der Waals surface area contributed by atoms with Crippen molar-refractivity contribution in [3.63, 3.8) is 0 Å². The van der Waals surface area contributed by atoms with E-state index in [2.05, 4.69) is 5.32 Å². The molecule has 0 aliphatic carbocycles. The Morgan fingerprint density at radius 2 is 2.16 bits per heavy atom. The molecule has 1 heterocycles. The van der Waals surface area contributed by atoms with Gasteiger partial charge in [0.15, 0.2) is 0 Å². The van der Waals surface area contributed by atoms with E-state index in [1.807, 2.05) is 0 Å². The number of ether oxygens (including phenoxy) is 1. The first-order valence-corrected chi connectivity index (χ1v) is 6.48. The van der Waals surface area contributed by atoms with Gasteiger partial charge in [0.05, 0.1) is 6.04 Å². The Kier molecular flexibility index (Phi) is 4.50. The summed E-state index contributed by atoms with van der Waals surface area (Å²) < 4.78 is 18.4. The van der Waals surface area contributed by atoms with Gasteiger partial charge in [-0.25, -0.2) is 4.39 Å².